The Balaban J connectivity index is 1.60. The van der Waals surface area contributed by atoms with Gasteiger partial charge in [0.1, 0.15) is 17.3 Å². The Bertz CT molecular complexity index is 919. The number of fused-ring (bicyclic) bond motifs is 1. The van der Waals surface area contributed by atoms with Gasteiger partial charge in [-0.3, -0.25) is 9.89 Å². The maximum atomic E-state index is 13.4. The van der Waals surface area contributed by atoms with E-state index in [4.69, 9.17) is 11.6 Å². The number of amides is 1. The second kappa shape index (κ2) is 5.76. The number of rotatable bonds is 2. The minimum atomic E-state index is -0.312. The summed E-state index contributed by atoms with van der Waals surface area (Å²) in [4.78, 5) is 21.9. The van der Waals surface area contributed by atoms with Crippen LogP contribution in [0.2, 0.25) is 5.02 Å². The van der Waals surface area contributed by atoms with Gasteiger partial charge in [0.05, 0.1) is 29.2 Å². The lowest BCUT2D eigenvalue weighted by atomic mass is 10.1. The van der Waals surface area contributed by atoms with Crippen LogP contribution in [-0.4, -0.2) is 37.5 Å². The van der Waals surface area contributed by atoms with Gasteiger partial charge in [-0.05, 0) is 12.1 Å². The van der Waals surface area contributed by atoms with E-state index in [9.17, 15) is 9.18 Å². The first-order valence-corrected chi connectivity index (χ1v) is 7.81. The Kier molecular flexibility index (Phi) is 3.57. The van der Waals surface area contributed by atoms with Gasteiger partial charge in [0, 0.05) is 18.5 Å². The highest BCUT2D eigenvalue weighted by molar-refractivity contribution is 6.33. The number of aromatic nitrogens is 4. The number of carbonyl (C=O) groups excluding carboxylic acids is 1. The van der Waals surface area contributed by atoms with Gasteiger partial charge in [0.15, 0.2) is 0 Å². The number of hydrogen-bond acceptors (Lipinski definition) is 3. The van der Waals surface area contributed by atoms with E-state index in [2.05, 4.69) is 20.2 Å². The molecule has 3 aromatic rings. The second-order valence-electron chi connectivity index (χ2n) is 5.59. The van der Waals surface area contributed by atoms with Crippen LogP contribution in [-0.2, 0) is 13.0 Å². The predicted octanol–water partition coefficient (Wildman–Crippen LogP) is 2.79. The zero-order valence-corrected chi connectivity index (χ0v) is 13.3. The number of imidazole rings is 1. The largest absolute Gasteiger partial charge is 0.340 e. The van der Waals surface area contributed by atoms with Gasteiger partial charge in [0.2, 0.25) is 0 Å². The molecule has 0 saturated heterocycles. The first kappa shape index (κ1) is 14.9. The van der Waals surface area contributed by atoms with E-state index in [1.807, 2.05) is 0 Å². The molecule has 1 aromatic carbocycles. The highest BCUT2D eigenvalue weighted by Crippen LogP contribution is 2.25. The molecule has 2 N–H and O–H groups in total. The molecule has 24 heavy (non-hydrogen) atoms. The SMILES string of the molecule is O=C(c1[nH]ncc1Cl)N1CCc2nc(-c3cccc(F)c3)[nH]c2C1. The van der Waals surface area contributed by atoms with Crippen LogP contribution in [0.4, 0.5) is 4.39 Å². The Hall–Kier alpha value is -2.67. The Morgan fingerprint density at radius 2 is 2.25 bits per heavy atom. The lowest BCUT2D eigenvalue weighted by Crippen LogP contribution is -2.36. The van der Waals surface area contributed by atoms with E-state index in [1.54, 1.807) is 17.0 Å². The fourth-order valence-electron chi connectivity index (χ4n) is 2.82. The van der Waals surface area contributed by atoms with Gasteiger partial charge in [-0.15, -0.1) is 0 Å². The molecule has 0 spiro atoms. The number of nitrogens with zero attached hydrogens (tertiary/aromatic N) is 3. The third-order valence-corrected chi connectivity index (χ3v) is 4.31. The molecule has 8 heteroatoms. The third-order valence-electron chi connectivity index (χ3n) is 4.02. The van der Waals surface area contributed by atoms with Crippen LogP contribution in [0.25, 0.3) is 11.4 Å². The van der Waals surface area contributed by atoms with Crippen molar-refractivity contribution in [3.05, 3.63) is 58.4 Å². The van der Waals surface area contributed by atoms with E-state index < -0.39 is 0 Å². The Morgan fingerprint density at radius 1 is 1.38 bits per heavy atom. The van der Waals surface area contributed by atoms with Crippen LogP contribution in [0.1, 0.15) is 21.9 Å². The van der Waals surface area contributed by atoms with E-state index in [-0.39, 0.29) is 17.4 Å². The van der Waals surface area contributed by atoms with Gasteiger partial charge in [-0.1, -0.05) is 23.7 Å². The molecule has 122 valence electrons. The molecule has 0 aliphatic carbocycles. The number of H-pyrrole nitrogens is 2. The maximum Gasteiger partial charge on any atom is 0.273 e. The Labute approximate surface area is 141 Å². The lowest BCUT2D eigenvalue weighted by Gasteiger charge is -2.25. The third kappa shape index (κ3) is 2.56. The van der Waals surface area contributed by atoms with E-state index in [1.165, 1.54) is 18.3 Å². The molecule has 1 aliphatic rings. The number of benzene rings is 1. The second-order valence-corrected chi connectivity index (χ2v) is 6.00. The van der Waals surface area contributed by atoms with Crippen molar-refractivity contribution < 1.29 is 9.18 Å². The van der Waals surface area contributed by atoms with Crippen molar-refractivity contribution in [3.8, 4) is 11.4 Å². The van der Waals surface area contributed by atoms with E-state index >= 15 is 0 Å². The molecular weight excluding hydrogens is 333 g/mol. The van der Waals surface area contributed by atoms with Gasteiger partial charge >= 0.3 is 0 Å². The number of halogens is 2. The van der Waals surface area contributed by atoms with Crippen LogP contribution >= 0.6 is 11.6 Å². The summed E-state index contributed by atoms with van der Waals surface area (Å²) >= 11 is 5.96. The molecule has 0 atom stereocenters. The molecule has 0 fully saturated rings. The lowest BCUT2D eigenvalue weighted by molar-refractivity contribution is 0.0726. The van der Waals surface area contributed by atoms with Crippen LogP contribution in [0.5, 0.6) is 0 Å². The molecule has 0 bridgehead atoms. The molecule has 1 amide bonds. The van der Waals surface area contributed by atoms with Gasteiger partial charge in [-0.2, -0.15) is 5.10 Å². The van der Waals surface area contributed by atoms with Crippen LogP contribution in [0.3, 0.4) is 0 Å². The number of nitrogens with one attached hydrogen (secondary N) is 2. The quantitative estimate of drug-likeness (QED) is 0.749. The fourth-order valence-corrected chi connectivity index (χ4v) is 2.99. The first-order valence-electron chi connectivity index (χ1n) is 7.43. The monoisotopic (exact) mass is 345 g/mol. The molecule has 4 rings (SSSR count). The van der Waals surface area contributed by atoms with Crippen molar-refractivity contribution in [2.45, 2.75) is 13.0 Å². The summed E-state index contributed by atoms with van der Waals surface area (Å²) in [7, 11) is 0. The minimum Gasteiger partial charge on any atom is -0.340 e. The molecule has 6 nitrogen and oxygen atoms in total. The zero-order valence-electron chi connectivity index (χ0n) is 12.5. The summed E-state index contributed by atoms with van der Waals surface area (Å²) in [5.74, 6) is 0.0889. The summed E-state index contributed by atoms with van der Waals surface area (Å²) in [6.45, 7) is 0.931. The highest BCUT2D eigenvalue weighted by atomic mass is 35.5. The van der Waals surface area contributed by atoms with Crippen molar-refractivity contribution >= 4 is 17.5 Å². The van der Waals surface area contributed by atoms with Gasteiger partial charge in [0.25, 0.3) is 5.91 Å². The topological polar surface area (TPSA) is 77.7 Å². The smallest absolute Gasteiger partial charge is 0.273 e. The molecule has 2 aromatic heterocycles. The molecule has 1 aliphatic heterocycles. The Morgan fingerprint density at radius 3 is 3.00 bits per heavy atom. The number of aromatic amines is 2. The molecule has 0 radical (unpaired) electrons. The predicted molar refractivity (Wildman–Crippen MR) is 86.0 cm³/mol. The average molecular weight is 346 g/mol. The summed E-state index contributed by atoms with van der Waals surface area (Å²) in [6, 6.07) is 6.25. The highest BCUT2D eigenvalue weighted by Gasteiger charge is 2.26. The average Bonchev–Trinajstić information content (AvgIpc) is 3.19. The van der Waals surface area contributed by atoms with E-state index in [0.29, 0.717) is 35.9 Å². The first-order chi connectivity index (χ1) is 11.6. The summed E-state index contributed by atoms with van der Waals surface area (Å²) in [6.07, 6.45) is 2.03. The number of hydrogen-bond donors (Lipinski definition) is 2. The zero-order chi connectivity index (χ0) is 16.7. The minimum absolute atomic E-state index is 0.204. The van der Waals surface area contributed by atoms with Crippen molar-refractivity contribution in [3.63, 3.8) is 0 Å². The molecular formula is C16H13ClFN5O. The maximum absolute atomic E-state index is 13.4. The van der Waals surface area contributed by atoms with Gasteiger partial charge in [-0.25, -0.2) is 9.37 Å². The normalized spacial score (nSPS) is 13.8. The summed E-state index contributed by atoms with van der Waals surface area (Å²) in [5, 5.41) is 6.70. The molecule has 0 saturated carbocycles. The summed E-state index contributed by atoms with van der Waals surface area (Å²) < 4.78 is 13.4. The standard InChI is InChI=1S/C16H13ClFN5O/c17-11-7-19-22-14(11)16(24)23-5-4-12-13(8-23)21-15(20-12)9-2-1-3-10(18)6-9/h1-3,6-7H,4-5,8H2,(H,19,22)(H,20,21). The van der Waals surface area contributed by atoms with Crippen LogP contribution in [0.15, 0.2) is 30.5 Å². The fraction of sp³-hybridized carbons (Fsp3) is 0.188. The van der Waals surface area contributed by atoms with Crippen molar-refractivity contribution in [1.82, 2.24) is 25.1 Å². The molecule has 3 heterocycles. The van der Waals surface area contributed by atoms with Gasteiger partial charge < -0.3 is 9.88 Å². The van der Waals surface area contributed by atoms with Crippen LogP contribution < -0.4 is 0 Å². The molecule has 0 unspecified atom stereocenters. The number of carbonyl (C=O) groups is 1. The van der Waals surface area contributed by atoms with Crippen molar-refractivity contribution in [2.75, 3.05) is 6.54 Å². The van der Waals surface area contributed by atoms with E-state index in [0.717, 1.165) is 11.4 Å². The van der Waals surface area contributed by atoms with Crippen LogP contribution in [0, 0.1) is 5.82 Å². The van der Waals surface area contributed by atoms with Crippen molar-refractivity contribution in [2.24, 2.45) is 0 Å². The summed E-state index contributed by atoms with van der Waals surface area (Å²) in [5.41, 5.74) is 2.71. The van der Waals surface area contributed by atoms with Crippen molar-refractivity contribution in [1.29, 1.82) is 0 Å².